The predicted octanol–water partition coefficient (Wildman–Crippen LogP) is 2.76. The third-order valence-electron chi connectivity index (χ3n) is 1.16. The zero-order valence-corrected chi connectivity index (χ0v) is 8.12. The van der Waals surface area contributed by atoms with Gasteiger partial charge in [0.2, 0.25) is 0 Å². The summed E-state index contributed by atoms with van der Waals surface area (Å²) in [4.78, 5) is 0. The lowest BCUT2D eigenvalue weighted by molar-refractivity contribution is 0.362. The van der Waals surface area contributed by atoms with Crippen LogP contribution in [0.15, 0.2) is 28.7 Å². The highest BCUT2D eigenvalue weighted by Crippen LogP contribution is 2.11. The van der Waals surface area contributed by atoms with Crippen LogP contribution in [0.2, 0.25) is 0 Å². The second kappa shape index (κ2) is 4.07. The first-order valence-electron chi connectivity index (χ1n) is 2.89. The molecule has 0 aliphatic rings. The number of hydrogen-bond donors (Lipinski definition) is 0. The molecule has 1 rings (SSSR count). The lowest BCUT2D eigenvalue weighted by atomic mass is 10.2. The molecule has 3 heteroatoms. The molecule has 0 aliphatic heterocycles. The van der Waals surface area contributed by atoms with Crippen molar-refractivity contribution in [1.82, 2.24) is 0 Å². The largest absolute Gasteiger partial charge is 0.361 e. The lowest BCUT2D eigenvalue weighted by Crippen LogP contribution is -1.81. The lowest BCUT2D eigenvalue weighted by Gasteiger charge is -1.97. The van der Waals surface area contributed by atoms with Crippen molar-refractivity contribution in [3.8, 4) is 0 Å². The quantitative estimate of drug-likeness (QED) is 0.695. The predicted molar refractivity (Wildman–Crippen MR) is 48.6 cm³/mol. The molecule has 54 valence electrons. The first kappa shape index (κ1) is 8.19. The molecule has 0 heterocycles. The van der Waals surface area contributed by atoms with Crippen LogP contribution in [0.25, 0.3) is 0 Å². The van der Waals surface area contributed by atoms with E-state index in [0.717, 1.165) is 4.47 Å². The maximum atomic E-state index is 4.87. The van der Waals surface area contributed by atoms with E-state index in [1.165, 1.54) is 5.56 Å². The van der Waals surface area contributed by atoms with E-state index < -0.39 is 0 Å². The van der Waals surface area contributed by atoms with Crippen LogP contribution < -0.4 is 0 Å². The summed E-state index contributed by atoms with van der Waals surface area (Å²) >= 11 is 3.35. The zero-order chi connectivity index (χ0) is 7.40. The van der Waals surface area contributed by atoms with Crippen molar-refractivity contribution in [2.45, 2.75) is 6.61 Å². The fraction of sp³-hybridized carbons (Fsp3) is 0.143. The van der Waals surface area contributed by atoms with Gasteiger partial charge in [0, 0.05) is 13.9 Å². The Morgan fingerprint density at radius 1 is 1.30 bits per heavy atom. The Hall–Kier alpha value is 0.0900. The van der Waals surface area contributed by atoms with Gasteiger partial charge in [-0.15, -0.1) is 0 Å². The van der Waals surface area contributed by atoms with Crippen molar-refractivity contribution in [3.05, 3.63) is 34.3 Å². The van der Waals surface area contributed by atoms with Crippen LogP contribution in [0.5, 0.6) is 0 Å². The molecule has 0 bridgehead atoms. The van der Waals surface area contributed by atoms with Gasteiger partial charge >= 0.3 is 0 Å². The van der Waals surface area contributed by atoms with Crippen LogP contribution in [-0.4, -0.2) is 0 Å². The number of hydrogen-bond acceptors (Lipinski definition) is 1. The van der Waals surface area contributed by atoms with Crippen LogP contribution in [0.4, 0.5) is 0 Å². The Bertz CT molecular complexity index is 197. The normalized spacial score (nSPS) is 9.80. The highest BCUT2D eigenvalue weighted by molar-refractivity contribution is 9.10. The van der Waals surface area contributed by atoms with E-state index >= 15 is 0 Å². The molecular formula is C7H8BrOP. The second-order valence-corrected chi connectivity index (χ2v) is 3.19. The van der Waals surface area contributed by atoms with Gasteiger partial charge in [0.05, 0.1) is 6.61 Å². The van der Waals surface area contributed by atoms with E-state index in [-0.39, 0.29) is 0 Å². The van der Waals surface area contributed by atoms with Gasteiger partial charge in [-0.05, 0) is 17.7 Å². The SMILES string of the molecule is POCc1ccc(Br)cc1. The molecule has 0 saturated heterocycles. The molecule has 1 aromatic rings. The minimum Gasteiger partial charge on any atom is -0.361 e. The van der Waals surface area contributed by atoms with Crippen LogP contribution in [0.3, 0.4) is 0 Å². The standard InChI is InChI=1S/C7H8BrOP/c8-7-3-1-6(2-4-7)5-9-10/h1-4H,5,10H2. The van der Waals surface area contributed by atoms with Gasteiger partial charge in [0.25, 0.3) is 0 Å². The van der Waals surface area contributed by atoms with E-state index in [2.05, 4.69) is 25.4 Å². The van der Waals surface area contributed by atoms with E-state index in [1.807, 2.05) is 24.3 Å². The third-order valence-corrected chi connectivity index (χ3v) is 1.86. The monoisotopic (exact) mass is 218 g/mol. The Morgan fingerprint density at radius 3 is 2.40 bits per heavy atom. The molecule has 1 nitrogen and oxygen atoms in total. The first-order chi connectivity index (χ1) is 4.83. The van der Waals surface area contributed by atoms with Gasteiger partial charge in [-0.3, -0.25) is 0 Å². The second-order valence-electron chi connectivity index (χ2n) is 1.94. The van der Waals surface area contributed by atoms with Crippen molar-refractivity contribution in [3.63, 3.8) is 0 Å². The maximum Gasteiger partial charge on any atom is 0.0752 e. The average Bonchev–Trinajstić information content (AvgIpc) is 1.95. The van der Waals surface area contributed by atoms with Gasteiger partial charge < -0.3 is 4.52 Å². The first-order valence-corrected chi connectivity index (χ1v) is 4.15. The van der Waals surface area contributed by atoms with Crippen LogP contribution in [0, 0.1) is 0 Å². The average molecular weight is 219 g/mol. The Morgan fingerprint density at radius 2 is 1.90 bits per heavy atom. The molecule has 1 unspecified atom stereocenters. The fourth-order valence-corrected chi connectivity index (χ4v) is 1.13. The zero-order valence-electron chi connectivity index (χ0n) is 5.38. The van der Waals surface area contributed by atoms with E-state index in [4.69, 9.17) is 4.52 Å². The highest BCUT2D eigenvalue weighted by Gasteiger charge is 1.89. The molecule has 0 radical (unpaired) electrons. The van der Waals surface area contributed by atoms with E-state index in [1.54, 1.807) is 0 Å². The molecule has 0 N–H and O–H groups in total. The van der Waals surface area contributed by atoms with Crippen LogP contribution in [0.1, 0.15) is 5.56 Å². The van der Waals surface area contributed by atoms with Gasteiger partial charge in [0.1, 0.15) is 0 Å². The summed E-state index contributed by atoms with van der Waals surface area (Å²) in [6, 6.07) is 8.04. The highest BCUT2D eigenvalue weighted by atomic mass is 79.9. The van der Waals surface area contributed by atoms with Gasteiger partial charge in [-0.1, -0.05) is 28.1 Å². The molecule has 1 atom stereocenters. The van der Waals surface area contributed by atoms with Gasteiger partial charge in [-0.2, -0.15) is 0 Å². The summed E-state index contributed by atoms with van der Waals surface area (Å²) in [5.41, 5.74) is 1.18. The Labute approximate surface area is 71.2 Å². The molecule has 1 aromatic carbocycles. The molecule has 0 aromatic heterocycles. The minimum atomic E-state index is 0.651. The molecule has 0 amide bonds. The molecule has 0 fully saturated rings. The third kappa shape index (κ3) is 2.37. The summed E-state index contributed by atoms with van der Waals surface area (Å²) in [6.07, 6.45) is 0. The number of halogens is 1. The minimum absolute atomic E-state index is 0.651. The van der Waals surface area contributed by atoms with Crippen molar-refractivity contribution in [1.29, 1.82) is 0 Å². The van der Waals surface area contributed by atoms with E-state index in [0.29, 0.717) is 6.61 Å². The van der Waals surface area contributed by atoms with Crippen molar-refractivity contribution in [2.75, 3.05) is 0 Å². The summed E-state index contributed by atoms with van der Waals surface area (Å²) in [5, 5.41) is 0. The van der Waals surface area contributed by atoms with Crippen LogP contribution in [-0.2, 0) is 11.1 Å². The number of benzene rings is 1. The van der Waals surface area contributed by atoms with Crippen molar-refractivity contribution >= 4 is 25.4 Å². The topological polar surface area (TPSA) is 9.23 Å². The Kier molecular flexibility index (Phi) is 3.33. The molecule has 0 aliphatic carbocycles. The number of rotatable bonds is 2. The summed E-state index contributed by atoms with van der Waals surface area (Å²) in [6.45, 7) is 0.651. The van der Waals surface area contributed by atoms with Gasteiger partial charge in [-0.25, -0.2) is 0 Å². The van der Waals surface area contributed by atoms with Crippen LogP contribution >= 0.6 is 25.4 Å². The molecular weight excluding hydrogens is 211 g/mol. The van der Waals surface area contributed by atoms with Crippen molar-refractivity contribution < 1.29 is 4.52 Å². The summed E-state index contributed by atoms with van der Waals surface area (Å²) < 4.78 is 5.97. The van der Waals surface area contributed by atoms with Crippen molar-refractivity contribution in [2.24, 2.45) is 0 Å². The Balaban J connectivity index is 2.69. The molecule has 0 spiro atoms. The maximum absolute atomic E-state index is 4.87. The summed E-state index contributed by atoms with van der Waals surface area (Å²) in [5.74, 6) is 0. The fourth-order valence-electron chi connectivity index (χ4n) is 0.677. The molecule has 10 heavy (non-hydrogen) atoms. The summed E-state index contributed by atoms with van der Waals surface area (Å²) in [7, 11) is 2.23. The van der Waals surface area contributed by atoms with Gasteiger partial charge in [0.15, 0.2) is 0 Å². The molecule has 0 saturated carbocycles. The van der Waals surface area contributed by atoms with E-state index in [9.17, 15) is 0 Å². The smallest absolute Gasteiger partial charge is 0.0752 e.